The Balaban J connectivity index is 1.98. The molecule has 0 heterocycles. The normalized spacial score (nSPS) is 11.4. The number of nitrogens with one attached hydrogen (secondary N) is 2. The fraction of sp³-hybridized carbons (Fsp3) is 0.263. The van der Waals surface area contributed by atoms with Gasteiger partial charge in [-0.3, -0.25) is 4.79 Å². The Labute approximate surface area is 137 Å². The van der Waals surface area contributed by atoms with Crippen molar-refractivity contribution in [3.05, 3.63) is 59.2 Å². The van der Waals surface area contributed by atoms with E-state index in [1.807, 2.05) is 63.2 Å². The number of anilines is 2. The minimum Gasteiger partial charge on any atom is -0.374 e. The first-order valence-corrected chi connectivity index (χ1v) is 7.60. The minimum absolute atomic E-state index is 0.0851. The van der Waals surface area contributed by atoms with Gasteiger partial charge in [0, 0.05) is 11.4 Å². The van der Waals surface area contributed by atoms with Crippen molar-refractivity contribution in [1.82, 2.24) is 0 Å². The highest BCUT2D eigenvalue weighted by molar-refractivity contribution is 5.96. The molecule has 2 rings (SSSR count). The molecule has 4 nitrogen and oxygen atoms in total. The van der Waals surface area contributed by atoms with E-state index in [1.165, 1.54) is 5.56 Å². The number of carbonyl (C=O) groups is 1. The number of amides is 1. The van der Waals surface area contributed by atoms with Crippen molar-refractivity contribution in [1.29, 1.82) is 5.26 Å². The highest BCUT2D eigenvalue weighted by atomic mass is 16.2. The van der Waals surface area contributed by atoms with Gasteiger partial charge in [-0.25, -0.2) is 0 Å². The number of aryl methyl sites for hydroxylation is 2. The fourth-order valence-electron chi connectivity index (χ4n) is 2.32. The first-order chi connectivity index (χ1) is 11.0. The quantitative estimate of drug-likeness (QED) is 0.883. The number of benzene rings is 2. The largest absolute Gasteiger partial charge is 0.374 e. The van der Waals surface area contributed by atoms with Gasteiger partial charge in [-0.05, 0) is 50.1 Å². The molecule has 2 N–H and O–H groups in total. The number of carbonyl (C=O) groups excluding carboxylic acids is 1. The van der Waals surface area contributed by atoms with E-state index in [0.717, 1.165) is 22.5 Å². The van der Waals surface area contributed by atoms with Crippen LogP contribution in [0, 0.1) is 25.2 Å². The lowest BCUT2D eigenvalue weighted by molar-refractivity contribution is -0.116. The van der Waals surface area contributed by atoms with Crippen molar-refractivity contribution in [3.63, 3.8) is 0 Å². The molecule has 0 spiro atoms. The summed E-state index contributed by atoms with van der Waals surface area (Å²) >= 11 is 0. The maximum atomic E-state index is 12.3. The van der Waals surface area contributed by atoms with E-state index < -0.39 is 0 Å². The maximum Gasteiger partial charge on any atom is 0.246 e. The molecule has 0 saturated carbocycles. The molecule has 0 aliphatic rings. The van der Waals surface area contributed by atoms with Crippen LogP contribution in [0.1, 0.15) is 23.6 Å². The van der Waals surface area contributed by atoms with E-state index in [9.17, 15) is 4.79 Å². The molecule has 4 heteroatoms. The van der Waals surface area contributed by atoms with Crippen LogP contribution in [0.5, 0.6) is 0 Å². The number of hydrogen-bond acceptors (Lipinski definition) is 3. The Hall–Kier alpha value is -2.80. The van der Waals surface area contributed by atoms with E-state index >= 15 is 0 Å². The van der Waals surface area contributed by atoms with Gasteiger partial charge in [0.05, 0.1) is 12.5 Å². The topological polar surface area (TPSA) is 64.9 Å². The number of hydrogen-bond donors (Lipinski definition) is 2. The lowest BCUT2D eigenvalue weighted by atomic mass is 10.1. The highest BCUT2D eigenvalue weighted by Gasteiger charge is 2.13. The second kappa shape index (κ2) is 7.46. The van der Waals surface area contributed by atoms with Gasteiger partial charge in [-0.2, -0.15) is 5.26 Å². The van der Waals surface area contributed by atoms with Crippen LogP contribution in [0.15, 0.2) is 42.5 Å². The van der Waals surface area contributed by atoms with Gasteiger partial charge in [0.15, 0.2) is 0 Å². The summed E-state index contributed by atoms with van der Waals surface area (Å²) in [5.74, 6) is -0.0851. The van der Waals surface area contributed by atoms with Crippen LogP contribution in [0.4, 0.5) is 11.4 Å². The van der Waals surface area contributed by atoms with Gasteiger partial charge >= 0.3 is 0 Å². The monoisotopic (exact) mass is 307 g/mol. The smallest absolute Gasteiger partial charge is 0.246 e. The van der Waals surface area contributed by atoms with Gasteiger partial charge < -0.3 is 10.6 Å². The van der Waals surface area contributed by atoms with Crippen LogP contribution in [0.25, 0.3) is 0 Å². The average Bonchev–Trinajstić information content (AvgIpc) is 2.52. The van der Waals surface area contributed by atoms with Crippen LogP contribution >= 0.6 is 0 Å². The minimum atomic E-state index is -0.363. The molecule has 0 aromatic heterocycles. The van der Waals surface area contributed by atoms with E-state index in [2.05, 4.69) is 16.7 Å². The Morgan fingerprint density at radius 1 is 1.17 bits per heavy atom. The second-order valence-corrected chi connectivity index (χ2v) is 5.71. The van der Waals surface area contributed by atoms with Crippen molar-refractivity contribution in [2.75, 3.05) is 10.6 Å². The van der Waals surface area contributed by atoms with Gasteiger partial charge in [-0.1, -0.05) is 29.8 Å². The number of rotatable bonds is 5. The van der Waals surface area contributed by atoms with Crippen LogP contribution in [0.3, 0.4) is 0 Å². The fourth-order valence-corrected chi connectivity index (χ4v) is 2.32. The zero-order valence-electron chi connectivity index (χ0n) is 13.7. The average molecular weight is 307 g/mol. The van der Waals surface area contributed by atoms with Crippen molar-refractivity contribution in [3.8, 4) is 6.07 Å². The number of nitriles is 1. The molecule has 1 amide bonds. The van der Waals surface area contributed by atoms with Gasteiger partial charge in [-0.15, -0.1) is 0 Å². The molecule has 23 heavy (non-hydrogen) atoms. The SMILES string of the molecule is Cc1ccc(NC(=O)C(C)Nc2ccc(CC#N)cc2)c(C)c1. The first kappa shape index (κ1) is 16.6. The molecule has 118 valence electrons. The van der Waals surface area contributed by atoms with Crippen molar-refractivity contribution < 1.29 is 4.79 Å². The molecule has 0 saturated heterocycles. The molecule has 1 atom stereocenters. The first-order valence-electron chi connectivity index (χ1n) is 7.60. The predicted octanol–water partition coefficient (Wildman–Crippen LogP) is 3.81. The van der Waals surface area contributed by atoms with Gasteiger partial charge in [0.25, 0.3) is 0 Å². The van der Waals surface area contributed by atoms with Crippen LogP contribution in [0.2, 0.25) is 0 Å². The molecule has 0 aliphatic carbocycles. The summed E-state index contributed by atoms with van der Waals surface area (Å²) < 4.78 is 0. The van der Waals surface area contributed by atoms with Crippen LogP contribution in [-0.2, 0) is 11.2 Å². The molecule has 0 bridgehead atoms. The molecule has 0 radical (unpaired) electrons. The lowest BCUT2D eigenvalue weighted by Crippen LogP contribution is -2.32. The Morgan fingerprint density at radius 2 is 1.87 bits per heavy atom. The third-order valence-electron chi connectivity index (χ3n) is 3.65. The van der Waals surface area contributed by atoms with E-state index in [4.69, 9.17) is 5.26 Å². The summed E-state index contributed by atoms with van der Waals surface area (Å²) in [6.45, 7) is 5.83. The van der Waals surface area contributed by atoms with Gasteiger partial charge in [0.1, 0.15) is 6.04 Å². The third kappa shape index (κ3) is 4.58. The zero-order valence-corrected chi connectivity index (χ0v) is 13.7. The lowest BCUT2D eigenvalue weighted by Gasteiger charge is -2.16. The summed E-state index contributed by atoms with van der Waals surface area (Å²) in [7, 11) is 0. The maximum absolute atomic E-state index is 12.3. The number of nitrogens with zero attached hydrogens (tertiary/aromatic N) is 1. The molecule has 2 aromatic carbocycles. The van der Waals surface area contributed by atoms with Crippen molar-refractivity contribution in [2.45, 2.75) is 33.2 Å². The van der Waals surface area contributed by atoms with Crippen LogP contribution in [-0.4, -0.2) is 11.9 Å². The van der Waals surface area contributed by atoms with Gasteiger partial charge in [0.2, 0.25) is 5.91 Å². The summed E-state index contributed by atoms with van der Waals surface area (Å²) in [5.41, 5.74) is 4.87. The van der Waals surface area contributed by atoms with E-state index in [-0.39, 0.29) is 11.9 Å². The summed E-state index contributed by atoms with van der Waals surface area (Å²) in [5, 5.41) is 14.8. The van der Waals surface area contributed by atoms with Crippen molar-refractivity contribution in [2.24, 2.45) is 0 Å². The Bertz CT molecular complexity index is 729. The molecule has 1 unspecified atom stereocenters. The molecular weight excluding hydrogens is 286 g/mol. The summed E-state index contributed by atoms with van der Waals surface area (Å²) in [6.07, 6.45) is 0.392. The molecule has 0 aliphatic heterocycles. The second-order valence-electron chi connectivity index (χ2n) is 5.71. The summed E-state index contributed by atoms with van der Waals surface area (Å²) in [6, 6.07) is 15.2. The zero-order chi connectivity index (χ0) is 16.8. The Kier molecular flexibility index (Phi) is 5.37. The van der Waals surface area contributed by atoms with Crippen LogP contribution < -0.4 is 10.6 Å². The highest BCUT2D eigenvalue weighted by Crippen LogP contribution is 2.17. The van der Waals surface area contributed by atoms with E-state index in [0.29, 0.717) is 6.42 Å². The molecule has 0 fully saturated rings. The standard InChI is InChI=1S/C19H21N3O/c1-13-4-9-18(14(2)12-13)22-19(23)15(3)21-17-7-5-16(6-8-17)10-11-20/h4-9,12,15,21H,10H2,1-3H3,(H,22,23). The third-order valence-corrected chi connectivity index (χ3v) is 3.65. The molecule has 2 aromatic rings. The summed E-state index contributed by atoms with van der Waals surface area (Å²) in [4.78, 5) is 12.3. The molecular formula is C19H21N3O. The van der Waals surface area contributed by atoms with Crippen molar-refractivity contribution >= 4 is 17.3 Å². The predicted molar refractivity (Wildman–Crippen MR) is 93.4 cm³/mol. The van der Waals surface area contributed by atoms with E-state index in [1.54, 1.807) is 0 Å². The Morgan fingerprint density at radius 3 is 2.48 bits per heavy atom.